The monoisotopic (exact) mass is 393 g/mol. The molecular formula is C15H11N3O4S3. The normalized spacial score (nSPS) is 16.1. The summed E-state index contributed by atoms with van der Waals surface area (Å²) in [6.45, 7) is 0. The van der Waals surface area contributed by atoms with Gasteiger partial charge in [0.1, 0.15) is 4.90 Å². The second kappa shape index (κ2) is 5.55. The molecule has 1 aliphatic heterocycles. The Morgan fingerprint density at radius 2 is 2.08 bits per heavy atom. The lowest BCUT2D eigenvalue weighted by atomic mass is 10.2. The van der Waals surface area contributed by atoms with Crippen LogP contribution in [0.2, 0.25) is 0 Å². The summed E-state index contributed by atoms with van der Waals surface area (Å²) in [5, 5.41) is 15.7. The summed E-state index contributed by atoms with van der Waals surface area (Å²) in [6, 6.07) is 6.98. The van der Waals surface area contributed by atoms with Crippen LogP contribution < -0.4 is 5.32 Å². The number of amides is 1. The number of aromatic nitrogens is 1. The number of hydrogen-bond acceptors (Lipinski definition) is 7. The zero-order valence-electron chi connectivity index (χ0n) is 12.8. The highest BCUT2D eigenvalue weighted by molar-refractivity contribution is 7.89. The Morgan fingerprint density at radius 1 is 1.32 bits per heavy atom. The van der Waals surface area contributed by atoms with Gasteiger partial charge in [-0.05, 0) is 6.07 Å². The van der Waals surface area contributed by atoms with Crippen molar-refractivity contribution in [1.82, 2.24) is 9.29 Å². The van der Waals surface area contributed by atoms with Crippen molar-refractivity contribution in [3.05, 3.63) is 46.4 Å². The number of sulfonamides is 1. The molecule has 4 rings (SSSR count). The van der Waals surface area contributed by atoms with Crippen molar-refractivity contribution in [1.29, 1.82) is 0 Å². The number of aliphatic hydroxyl groups excluding tert-OH is 1. The lowest BCUT2D eigenvalue weighted by Crippen LogP contribution is -2.36. The fourth-order valence-corrected chi connectivity index (χ4v) is 6.18. The summed E-state index contributed by atoms with van der Waals surface area (Å²) in [5.41, 5.74) is -0.325. The molecule has 0 unspecified atom stereocenters. The van der Waals surface area contributed by atoms with Crippen molar-refractivity contribution in [2.45, 2.75) is 4.90 Å². The van der Waals surface area contributed by atoms with Gasteiger partial charge in [-0.25, -0.2) is 13.4 Å². The van der Waals surface area contributed by atoms with Crippen LogP contribution in [-0.4, -0.2) is 35.8 Å². The first-order chi connectivity index (χ1) is 11.9. The van der Waals surface area contributed by atoms with E-state index in [-0.39, 0.29) is 21.2 Å². The Balaban J connectivity index is 1.93. The van der Waals surface area contributed by atoms with Crippen molar-refractivity contribution in [3.63, 3.8) is 0 Å². The number of rotatable bonds is 2. The van der Waals surface area contributed by atoms with Crippen LogP contribution in [0.25, 0.3) is 15.8 Å². The van der Waals surface area contributed by atoms with E-state index in [1.54, 1.807) is 29.6 Å². The van der Waals surface area contributed by atoms with Gasteiger partial charge in [0.25, 0.3) is 15.9 Å². The average molecular weight is 393 g/mol. The van der Waals surface area contributed by atoms with E-state index in [1.165, 1.54) is 24.6 Å². The second-order valence-electron chi connectivity index (χ2n) is 5.22. The Hall–Kier alpha value is -2.43. The molecule has 2 aromatic heterocycles. The Labute approximate surface area is 150 Å². The average Bonchev–Trinajstić information content (AvgIpc) is 3.20. The number of benzene rings is 1. The maximum atomic E-state index is 12.9. The molecule has 0 spiro atoms. The molecule has 0 aliphatic carbocycles. The summed E-state index contributed by atoms with van der Waals surface area (Å²) in [6.07, 6.45) is 1.51. The third-order valence-electron chi connectivity index (χ3n) is 3.79. The molecule has 10 heteroatoms. The number of nitrogens with zero attached hydrogens (tertiary/aromatic N) is 2. The highest BCUT2D eigenvalue weighted by Crippen LogP contribution is 2.44. The van der Waals surface area contributed by atoms with Gasteiger partial charge in [0.15, 0.2) is 16.6 Å². The van der Waals surface area contributed by atoms with Crippen molar-refractivity contribution in [3.8, 4) is 0 Å². The summed E-state index contributed by atoms with van der Waals surface area (Å²) in [5.74, 6) is -1.09. The Morgan fingerprint density at radius 3 is 2.80 bits per heavy atom. The van der Waals surface area contributed by atoms with Crippen molar-refractivity contribution >= 4 is 59.6 Å². The molecule has 0 radical (unpaired) electrons. The number of fused-ring (bicyclic) bond motifs is 3. The zero-order chi connectivity index (χ0) is 17.8. The van der Waals surface area contributed by atoms with Crippen molar-refractivity contribution in [2.75, 3.05) is 12.4 Å². The van der Waals surface area contributed by atoms with Crippen LogP contribution in [0, 0.1) is 0 Å². The standard InChI is InChI=1S/C15H11N3O4S3/c1-18-10(14(20)17-15-16-6-7-23-15)11(19)12-13(25(18,21)22)8-4-2-3-5-9(8)24-12/h2-7,19H,1H3,(H,16,17,20). The molecule has 0 atom stereocenters. The van der Waals surface area contributed by atoms with Crippen LogP contribution >= 0.6 is 22.7 Å². The van der Waals surface area contributed by atoms with E-state index in [4.69, 9.17) is 0 Å². The van der Waals surface area contributed by atoms with Gasteiger partial charge < -0.3 is 5.11 Å². The number of carbonyl (C=O) groups is 1. The first kappa shape index (κ1) is 16.1. The molecule has 25 heavy (non-hydrogen) atoms. The first-order valence-electron chi connectivity index (χ1n) is 7.06. The van der Waals surface area contributed by atoms with Gasteiger partial charge >= 0.3 is 0 Å². The van der Waals surface area contributed by atoms with E-state index in [0.717, 1.165) is 20.3 Å². The first-order valence-corrected chi connectivity index (χ1v) is 10.2. The van der Waals surface area contributed by atoms with Crippen molar-refractivity contribution < 1.29 is 18.3 Å². The van der Waals surface area contributed by atoms with Crippen LogP contribution in [0.1, 0.15) is 4.88 Å². The summed E-state index contributed by atoms with van der Waals surface area (Å²) in [7, 11) is -2.71. The third-order valence-corrected chi connectivity index (χ3v) is 7.63. The van der Waals surface area contributed by atoms with Crippen molar-refractivity contribution in [2.24, 2.45) is 0 Å². The second-order valence-corrected chi connectivity index (χ2v) is 9.07. The minimum absolute atomic E-state index is 0.0268. The van der Waals surface area contributed by atoms with E-state index in [1.807, 2.05) is 0 Å². The fourth-order valence-electron chi connectivity index (χ4n) is 2.64. The molecular weight excluding hydrogens is 382 g/mol. The smallest absolute Gasteiger partial charge is 0.278 e. The summed E-state index contributed by atoms with van der Waals surface area (Å²) < 4.78 is 27.4. The maximum Gasteiger partial charge on any atom is 0.278 e. The fraction of sp³-hybridized carbons (Fsp3) is 0.0667. The molecule has 1 aliphatic rings. The van der Waals surface area contributed by atoms with Crippen LogP contribution in [0.4, 0.5) is 5.13 Å². The molecule has 3 aromatic rings. The highest BCUT2D eigenvalue weighted by atomic mass is 32.2. The summed E-state index contributed by atoms with van der Waals surface area (Å²) in [4.78, 5) is 16.7. The molecule has 0 fully saturated rings. The molecule has 1 aromatic carbocycles. The van der Waals surface area contributed by atoms with E-state index in [9.17, 15) is 18.3 Å². The number of anilines is 1. The summed E-state index contributed by atoms with van der Waals surface area (Å²) >= 11 is 2.33. The van der Waals surface area contributed by atoms with Gasteiger partial charge in [-0.1, -0.05) is 18.2 Å². The SMILES string of the molecule is CN1C(C(=O)Nc2nccs2)=C(O)c2sc3ccccc3c2S1(=O)=O. The van der Waals surface area contributed by atoms with Gasteiger partial charge in [-0.3, -0.25) is 14.4 Å². The minimum atomic E-state index is -3.96. The van der Waals surface area contributed by atoms with Gasteiger partial charge in [0.05, 0.1) is 4.88 Å². The minimum Gasteiger partial charge on any atom is -0.504 e. The molecule has 0 saturated carbocycles. The molecule has 7 nitrogen and oxygen atoms in total. The molecule has 1 amide bonds. The lowest BCUT2D eigenvalue weighted by Gasteiger charge is -2.26. The van der Waals surface area contributed by atoms with Gasteiger partial charge in [-0.2, -0.15) is 0 Å². The Kier molecular flexibility index (Phi) is 3.56. The number of hydrogen-bond donors (Lipinski definition) is 2. The van der Waals surface area contributed by atoms with Crippen LogP contribution in [0.3, 0.4) is 0 Å². The van der Waals surface area contributed by atoms with E-state index in [2.05, 4.69) is 10.3 Å². The highest BCUT2D eigenvalue weighted by Gasteiger charge is 2.40. The predicted molar refractivity (Wildman–Crippen MR) is 97.1 cm³/mol. The molecule has 0 saturated heterocycles. The van der Waals surface area contributed by atoms with E-state index in [0.29, 0.717) is 10.5 Å². The van der Waals surface area contributed by atoms with Gasteiger partial charge in [0.2, 0.25) is 0 Å². The van der Waals surface area contributed by atoms with E-state index >= 15 is 0 Å². The largest absolute Gasteiger partial charge is 0.504 e. The van der Waals surface area contributed by atoms with Crippen LogP contribution in [-0.2, 0) is 14.8 Å². The molecule has 128 valence electrons. The molecule has 3 heterocycles. The number of likely N-dealkylation sites (N-methyl/N-ethyl adjacent to an activating group) is 1. The number of thiazole rings is 1. The van der Waals surface area contributed by atoms with Gasteiger partial charge in [-0.15, -0.1) is 22.7 Å². The van der Waals surface area contributed by atoms with E-state index < -0.39 is 15.9 Å². The Bertz CT molecular complexity index is 1130. The maximum absolute atomic E-state index is 12.9. The molecule has 2 N–H and O–H groups in total. The topological polar surface area (TPSA) is 99.6 Å². The molecule has 0 bridgehead atoms. The number of nitrogens with one attached hydrogen (secondary N) is 1. The third kappa shape index (κ3) is 2.33. The number of carbonyl (C=O) groups excluding carboxylic acids is 1. The number of thiophene rings is 1. The zero-order valence-corrected chi connectivity index (χ0v) is 15.2. The number of aliphatic hydroxyl groups is 1. The quantitative estimate of drug-likeness (QED) is 0.697. The predicted octanol–water partition coefficient (Wildman–Crippen LogP) is 2.86. The van der Waals surface area contributed by atoms with Crippen LogP contribution in [0.15, 0.2) is 46.4 Å². The lowest BCUT2D eigenvalue weighted by molar-refractivity contribution is -0.113. The van der Waals surface area contributed by atoms with Crippen LogP contribution in [0.5, 0.6) is 0 Å². The van der Waals surface area contributed by atoms with Gasteiger partial charge in [0, 0.05) is 28.7 Å².